The van der Waals surface area contributed by atoms with Crippen molar-refractivity contribution in [1.82, 2.24) is 0 Å². The molecule has 0 fully saturated rings. The van der Waals surface area contributed by atoms with Gasteiger partial charge in [-0.05, 0) is 13.1 Å². The Labute approximate surface area is 153 Å². The number of rotatable bonds is 20. The third kappa shape index (κ3) is 20.4. The van der Waals surface area contributed by atoms with Crippen molar-refractivity contribution in [2.24, 2.45) is 0 Å². The maximum Gasteiger partial charge on any atom is 0.101 e. The molecule has 0 rings (SSSR count). The van der Waals surface area contributed by atoms with E-state index in [1.807, 2.05) is 6.66 Å². The standard InChI is InChI=1S/C20H43O3P/c1-3-4-5-6-7-8-9-10-11-12-13-14-15-16-17-22-18-20(21)19-23-24-2/h20-21,24H,3-19H2,1-2H3. The monoisotopic (exact) mass is 362 g/mol. The van der Waals surface area contributed by atoms with E-state index < -0.39 is 6.10 Å². The first-order chi connectivity index (χ1) is 11.8. The van der Waals surface area contributed by atoms with Crippen molar-refractivity contribution in [3.05, 3.63) is 0 Å². The number of hydrogen-bond donors (Lipinski definition) is 1. The first-order valence-corrected chi connectivity index (χ1v) is 11.8. The summed E-state index contributed by atoms with van der Waals surface area (Å²) in [7, 11) is 0.439. The average molecular weight is 363 g/mol. The van der Waals surface area contributed by atoms with Gasteiger partial charge in [-0.1, -0.05) is 90.4 Å². The maximum atomic E-state index is 9.55. The van der Waals surface area contributed by atoms with Gasteiger partial charge in [-0.2, -0.15) is 0 Å². The summed E-state index contributed by atoms with van der Waals surface area (Å²) < 4.78 is 10.6. The fraction of sp³-hybridized carbons (Fsp3) is 1.00. The molecule has 0 aromatic heterocycles. The van der Waals surface area contributed by atoms with Crippen LogP contribution in [0, 0.1) is 0 Å². The van der Waals surface area contributed by atoms with Crippen molar-refractivity contribution in [2.75, 3.05) is 26.5 Å². The molecule has 0 aromatic carbocycles. The van der Waals surface area contributed by atoms with Crippen molar-refractivity contribution in [2.45, 2.75) is 103 Å². The predicted molar refractivity (Wildman–Crippen MR) is 107 cm³/mol. The predicted octanol–water partition coefficient (Wildman–Crippen LogP) is 6.09. The largest absolute Gasteiger partial charge is 0.388 e. The van der Waals surface area contributed by atoms with Crippen LogP contribution in [0.25, 0.3) is 0 Å². The molecule has 0 saturated heterocycles. The van der Waals surface area contributed by atoms with Crippen LogP contribution in [0.15, 0.2) is 0 Å². The van der Waals surface area contributed by atoms with Gasteiger partial charge in [-0.25, -0.2) is 0 Å². The van der Waals surface area contributed by atoms with Gasteiger partial charge in [0.1, 0.15) is 6.10 Å². The minimum atomic E-state index is -0.468. The zero-order valence-corrected chi connectivity index (χ0v) is 17.4. The topological polar surface area (TPSA) is 38.7 Å². The first-order valence-electron chi connectivity index (χ1n) is 10.4. The molecule has 0 aliphatic rings. The smallest absolute Gasteiger partial charge is 0.101 e. The highest BCUT2D eigenvalue weighted by Crippen LogP contribution is 2.13. The lowest BCUT2D eigenvalue weighted by Crippen LogP contribution is -2.20. The molecule has 4 heteroatoms. The van der Waals surface area contributed by atoms with Gasteiger partial charge in [-0.15, -0.1) is 0 Å². The second-order valence-corrected chi connectivity index (χ2v) is 7.54. The van der Waals surface area contributed by atoms with Crippen LogP contribution in [0.1, 0.15) is 96.8 Å². The zero-order chi connectivity index (χ0) is 17.7. The van der Waals surface area contributed by atoms with E-state index in [2.05, 4.69) is 6.92 Å². The van der Waals surface area contributed by atoms with E-state index in [-0.39, 0.29) is 0 Å². The molecule has 1 N–H and O–H groups in total. The van der Waals surface area contributed by atoms with Gasteiger partial charge in [0.25, 0.3) is 0 Å². The average Bonchev–Trinajstić information content (AvgIpc) is 2.59. The molecule has 0 bridgehead atoms. The molecular formula is C20H43O3P. The molecule has 0 aliphatic heterocycles. The number of aliphatic hydroxyl groups is 1. The highest BCUT2D eigenvalue weighted by Gasteiger charge is 2.03. The van der Waals surface area contributed by atoms with Gasteiger partial charge in [0, 0.05) is 15.4 Å². The zero-order valence-electron chi connectivity index (χ0n) is 16.4. The van der Waals surface area contributed by atoms with E-state index in [1.165, 1.54) is 83.5 Å². The van der Waals surface area contributed by atoms with Crippen molar-refractivity contribution in [3.8, 4) is 0 Å². The third-order valence-corrected chi connectivity index (χ3v) is 4.83. The van der Waals surface area contributed by atoms with E-state index in [0.29, 0.717) is 22.0 Å². The van der Waals surface area contributed by atoms with Crippen molar-refractivity contribution < 1.29 is 14.4 Å². The Morgan fingerprint density at radius 1 is 0.708 bits per heavy atom. The summed E-state index contributed by atoms with van der Waals surface area (Å²) in [5, 5.41) is 9.55. The molecule has 0 radical (unpaired) electrons. The van der Waals surface area contributed by atoms with E-state index in [4.69, 9.17) is 9.26 Å². The second kappa shape index (κ2) is 21.4. The summed E-state index contributed by atoms with van der Waals surface area (Å²) in [4.78, 5) is 0. The van der Waals surface area contributed by atoms with Crippen LogP contribution in [0.3, 0.4) is 0 Å². The Morgan fingerprint density at radius 3 is 1.62 bits per heavy atom. The number of aliphatic hydroxyl groups excluding tert-OH is 1. The molecule has 0 saturated carbocycles. The molecule has 0 spiro atoms. The summed E-state index contributed by atoms with van der Waals surface area (Å²) in [6, 6.07) is 0. The van der Waals surface area contributed by atoms with E-state index in [9.17, 15) is 5.11 Å². The van der Waals surface area contributed by atoms with Gasteiger partial charge < -0.3 is 14.4 Å². The van der Waals surface area contributed by atoms with Crippen LogP contribution < -0.4 is 0 Å². The summed E-state index contributed by atoms with van der Waals surface area (Å²) >= 11 is 0. The third-order valence-electron chi connectivity index (χ3n) is 4.37. The Hall–Kier alpha value is 0.310. The van der Waals surface area contributed by atoms with Crippen LogP contribution in [0.5, 0.6) is 0 Å². The Balaban J connectivity index is 3.02. The molecule has 0 aromatic rings. The van der Waals surface area contributed by atoms with Crippen LogP contribution in [0.2, 0.25) is 0 Å². The first kappa shape index (κ1) is 24.3. The summed E-state index contributed by atoms with van der Waals surface area (Å²) in [5.41, 5.74) is 0. The molecule has 146 valence electrons. The maximum absolute atomic E-state index is 9.55. The van der Waals surface area contributed by atoms with Crippen molar-refractivity contribution in [3.63, 3.8) is 0 Å². The lowest BCUT2D eigenvalue weighted by Gasteiger charge is -2.10. The van der Waals surface area contributed by atoms with E-state index in [1.54, 1.807) is 0 Å². The lowest BCUT2D eigenvalue weighted by atomic mass is 10.0. The van der Waals surface area contributed by atoms with E-state index in [0.717, 1.165) is 13.0 Å². The molecular weight excluding hydrogens is 319 g/mol. The Morgan fingerprint density at radius 2 is 1.17 bits per heavy atom. The van der Waals surface area contributed by atoms with Gasteiger partial charge in [0.05, 0.1) is 13.2 Å². The Kier molecular flexibility index (Phi) is 21.6. The summed E-state index contributed by atoms with van der Waals surface area (Å²) in [5.74, 6) is 0. The minimum absolute atomic E-state index is 0.397. The SMILES string of the molecule is CCCCCCCCCCCCCCCCOCC(O)COPC. The van der Waals surface area contributed by atoms with Crippen molar-refractivity contribution in [1.29, 1.82) is 0 Å². The van der Waals surface area contributed by atoms with Gasteiger partial charge >= 0.3 is 0 Å². The van der Waals surface area contributed by atoms with Gasteiger partial charge in [0.2, 0.25) is 0 Å². The van der Waals surface area contributed by atoms with Crippen LogP contribution in [-0.2, 0) is 9.26 Å². The summed E-state index contributed by atoms with van der Waals surface area (Å²) in [6.07, 6.45) is 18.8. The quantitative estimate of drug-likeness (QED) is 0.210. The Bertz CT molecular complexity index is 227. The molecule has 3 nitrogen and oxygen atoms in total. The van der Waals surface area contributed by atoms with Crippen LogP contribution in [0.4, 0.5) is 0 Å². The normalized spacial score (nSPS) is 13.1. The number of unbranched alkanes of at least 4 members (excludes halogenated alkanes) is 13. The molecule has 0 heterocycles. The fourth-order valence-corrected chi connectivity index (χ4v) is 3.20. The minimum Gasteiger partial charge on any atom is -0.388 e. The number of ether oxygens (including phenoxy) is 1. The number of hydrogen-bond acceptors (Lipinski definition) is 3. The van der Waals surface area contributed by atoms with Crippen LogP contribution in [-0.4, -0.2) is 37.7 Å². The van der Waals surface area contributed by atoms with Gasteiger partial charge in [-0.3, -0.25) is 0 Å². The lowest BCUT2D eigenvalue weighted by molar-refractivity contribution is 0.0140. The van der Waals surface area contributed by atoms with Gasteiger partial charge in [0.15, 0.2) is 0 Å². The molecule has 0 aliphatic carbocycles. The summed E-state index contributed by atoms with van der Waals surface area (Å²) in [6.45, 7) is 5.81. The van der Waals surface area contributed by atoms with Crippen molar-refractivity contribution >= 4 is 8.81 Å². The molecule has 0 amide bonds. The molecule has 24 heavy (non-hydrogen) atoms. The molecule has 2 unspecified atom stereocenters. The highest BCUT2D eigenvalue weighted by molar-refractivity contribution is 7.31. The molecule has 2 atom stereocenters. The van der Waals surface area contributed by atoms with Crippen LogP contribution >= 0.6 is 8.81 Å². The fourth-order valence-electron chi connectivity index (χ4n) is 2.85. The second-order valence-electron chi connectivity index (χ2n) is 6.84. The highest BCUT2D eigenvalue weighted by atomic mass is 31.1. The van der Waals surface area contributed by atoms with E-state index >= 15 is 0 Å².